The van der Waals surface area contributed by atoms with Crippen LogP contribution in [0.25, 0.3) is 11.3 Å². The molecule has 2 amide bonds. The van der Waals surface area contributed by atoms with Gasteiger partial charge in [0, 0.05) is 133 Å². The molecule has 5 aliphatic heterocycles. The Hall–Kier alpha value is -3.89. The molecule has 1 aromatic heterocycles. The van der Waals surface area contributed by atoms with Crippen molar-refractivity contribution in [1.82, 2.24) is 46.3 Å². The normalized spacial score (nSPS) is 20.8. The van der Waals surface area contributed by atoms with E-state index in [2.05, 4.69) is 87.7 Å². The number of nitrogens with zero attached hydrogens (tertiary/aromatic N) is 5. The van der Waals surface area contributed by atoms with Crippen LogP contribution in [0, 0.1) is 0 Å². The van der Waals surface area contributed by atoms with Crippen LogP contribution in [0.3, 0.4) is 0 Å². The molecule has 5 fully saturated rings. The number of hydrogen-bond acceptors (Lipinski definition) is 20. The predicted octanol–water partition coefficient (Wildman–Crippen LogP) is 10.6. The predicted molar refractivity (Wildman–Crippen MR) is 424 cm³/mol. The highest BCUT2D eigenvalue weighted by Crippen LogP contribution is 2.47. The number of nitrogens with one attached hydrogen (secondary N) is 5. The van der Waals surface area contributed by atoms with Crippen LogP contribution >= 0.6 is 23.6 Å². The Morgan fingerprint density at radius 2 is 1.00 bits per heavy atom. The lowest BCUT2D eigenvalue weighted by Gasteiger charge is -2.42. The van der Waals surface area contributed by atoms with Crippen molar-refractivity contribution in [3.63, 3.8) is 0 Å². The third-order valence-corrected chi connectivity index (χ3v) is 20.7. The molecule has 102 heavy (non-hydrogen) atoms. The van der Waals surface area contributed by atoms with E-state index in [1.54, 1.807) is 16.2 Å². The second-order valence-electron chi connectivity index (χ2n) is 31.7. The van der Waals surface area contributed by atoms with Crippen LogP contribution in [0.1, 0.15) is 254 Å². The van der Waals surface area contributed by atoms with Gasteiger partial charge in [0.25, 0.3) is 0 Å². The summed E-state index contributed by atoms with van der Waals surface area (Å²) >= 11 is 6.78. The summed E-state index contributed by atoms with van der Waals surface area (Å²) in [6, 6.07) is 9.42. The maximum absolute atomic E-state index is 12.0. The van der Waals surface area contributed by atoms with Crippen molar-refractivity contribution in [1.29, 1.82) is 0 Å². The lowest BCUT2D eigenvalue weighted by molar-refractivity contribution is -0.118. The molecule has 14 N–H and O–H groups in total. The molecular weight excluding hydrogens is 1330 g/mol. The third kappa shape index (κ3) is 40.2. The zero-order valence-electron chi connectivity index (χ0n) is 65.3. The summed E-state index contributed by atoms with van der Waals surface area (Å²) in [7, 11) is 0. The summed E-state index contributed by atoms with van der Waals surface area (Å²) in [4.78, 5) is 47.9. The molecule has 8 rings (SSSR count). The molecule has 0 bridgehead atoms. The number of ketones is 1. The number of rotatable bonds is 25. The van der Waals surface area contributed by atoms with Gasteiger partial charge in [-0.3, -0.25) is 4.79 Å². The van der Waals surface area contributed by atoms with E-state index < -0.39 is 11.2 Å². The van der Waals surface area contributed by atoms with Crippen molar-refractivity contribution < 1.29 is 49.4 Å². The number of carbonyl (C=O) groups excluding carboxylic acids is 3. The van der Waals surface area contributed by atoms with Gasteiger partial charge in [-0.1, -0.05) is 39.8 Å². The topological polar surface area (TPSA) is 309 Å². The highest BCUT2D eigenvalue weighted by atomic mass is 32.1. The Morgan fingerprint density at radius 3 is 1.49 bits per heavy atom. The largest absolute Gasteiger partial charge is 0.444 e. The molecule has 24 heteroatoms. The van der Waals surface area contributed by atoms with Crippen molar-refractivity contribution in [2.24, 2.45) is 11.5 Å². The fourth-order valence-corrected chi connectivity index (χ4v) is 14.3. The van der Waals surface area contributed by atoms with Crippen molar-refractivity contribution >= 4 is 51.8 Å². The molecule has 22 nitrogen and oxygen atoms in total. The van der Waals surface area contributed by atoms with Crippen LogP contribution < -0.4 is 43.0 Å². The minimum Gasteiger partial charge on any atom is -0.444 e. The van der Waals surface area contributed by atoms with E-state index in [9.17, 15) is 14.4 Å². The van der Waals surface area contributed by atoms with E-state index in [1.165, 1.54) is 79.7 Å². The molecule has 0 saturated carbocycles. The molecule has 4 unspecified atom stereocenters. The number of hydrogen-bond donors (Lipinski definition) is 12. The van der Waals surface area contributed by atoms with Gasteiger partial charge in [0.2, 0.25) is 0 Å². The standard InChI is InChI=1S/C27H41N3OS.C15H30N2O3.C11H23N3OS.C11H19NO3.C10H22N2O.C4H11NO/c1-26(2)12-13-27(3,4)23-18-20(9-10-22(23)26)24-19-32-25(29-24)30-15-7-8-21(11-16-30)28-14-5-6-17-31;1-15(2,3)20-14(19)17-10-6-7-13(8-11-17)16-9-4-5-12-18;12-11(16)14-7-3-4-10(5-8-14)13-6-1-2-9-15;1-11(2,3)15-10(14)12-7-4-5-9(13)6-8-12;13-9-2-1-7-12-10-4-3-6-11-8-5-10;5-3-1-2-4-6/h9-10,18-19,21,28,31H,5-8,11-17H2,1-4H3;13,16,18H,4-12H2,1-3H3;10,13,15H,1-9H2,(H2,12,16);4-8H2,1-3H3;10-13H,1-9H2;6H,1-5H2. The monoisotopic (exact) mass is 1480 g/mol. The number of unbranched alkanes of at least 4 members (excludes halogenated alkanes) is 5. The van der Waals surface area contributed by atoms with E-state index in [0.717, 1.165) is 187 Å². The molecule has 1 aliphatic carbocycles. The molecule has 4 atom stereocenters. The van der Waals surface area contributed by atoms with Gasteiger partial charge in [-0.25, -0.2) is 14.6 Å². The molecule has 6 aliphatic rings. The number of fused-ring (bicyclic) bond motifs is 1. The third-order valence-electron chi connectivity index (χ3n) is 19.5. The number of thiocarbonyl (C=S) groups is 1. The first-order chi connectivity index (χ1) is 48.7. The maximum atomic E-state index is 12.0. The zero-order valence-corrected chi connectivity index (χ0v) is 67.0. The van der Waals surface area contributed by atoms with Crippen LogP contribution in [0.4, 0.5) is 14.7 Å². The van der Waals surface area contributed by atoms with Crippen molar-refractivity contribution in [3.8, 4) is 11.3 Å². The number of aromatic nitrogens is 1. The number of aliphatic hydroxyl groups is 5. The second kappa shape index (κ2) is 52.2. The van der Waals surface area contributed by atoms with Gasteiger partial charge in [-0.15, -0.1) is 11.3 Å². The number of likely N-dealkylation sites (tertiary alicyclic amines) is 3. The van der Waals surface area contributed by atoms with E-state index in [0.29, 0.717) is 81.6 Å². The van der Waals surface area contributed by atoms with Gasteiger partial charge in [-0.05, 0) is 288 Å². The molecule has 0 spiro atoms. The Morgan fingerprint density at radius 1 is 0.559 bits per heavy atom. The first-order valence-corrected chi connectivity index (χ1v) is 40.7. The Labute approximate surface area is 626 Å². The van der Waals surface area contributed by atoms with Crippen molar-refractivity contribution in [2.45, 2.75) is 289 Å². The number of ether oxygens (including phenoxy) is 2. The van der Waals surface area contributed by atoms with Gasteiger partial charge in [0.05, 0.1) is 5.69 Å². The fraction of sp³-hybridized carbons (Fsp3) is 0.833. The Balaban J connectivity index is 0.000000338. The van der Waals surface area contributed by atoms with Gasteiger partial charge in [0.1, 0.15) is 17.0 Å². The Kier molecular flexibility index (Phi) is 47.2. The molecule has 5 saturated heterocycles. The molecule has 6 heterocycles. The molecule has 1 aromatic carbocycles. The minimum absolute atomic E-state index is 0.196. The number of benzene rings is 1. The first kappa shape index (κ1) is 92.3. The molecular formula is C78H146N12O10S2. The maximum Gasteiger partial charge on any atom is 0.410 e. The van der Waals surface area contributed by atoms with E-state index in [-0.39, 0.29) is 42.0 Å². The molecule has 0 radical (unpaired) electrons. The van der Waals surface area contributed by atoms with Crippen LogP contribution in [-0.4, -0.2) is 235 Å². The summed E-state index contributed by atoms with van der Waals surface area (Å²) in [6.07, 6.45) is 27.3. The quantitative estimate of drug-likeness (QED) is 0.0325. The number of nitrogens with two attached hydrogens (primary N) is 2. The number of anilines is 1. The number of aliphatic hydroxyl groups excluding tert-OH is 5. The average molecular weight is 1480 g/mol. The smallest absolute Gasteiger partial charge is 0.410 e. The van der Waals surface area contributed by atoms with Crippen molar-refractivity contribution in [3.05, 3.63) is 34.7 Å². The van der Waals surface area contributed by atoms with E-state index >= 15 is 0 Å². The molecule has 590 valence electrons. The first-order valence-electron chi connectivity index (χ1n) is 39.5. The van der Waals surface area contributed by atoms with Gasteiger partial charge in [-0.2, -0.15) is 0 Å². The van der Waals surface area contributed by atoms with E-state index in [4.69, 9.17) is 63.7 Å². The lowest BCUT2D eigenvalue weighted by atomic mass is 9.63. The number of Topliss-reactive ketones (excluding diaryl/α,β-unsaturated/α-hetero) is 1. The summed E-state index contributed by atoms with van der Waals surface area (Å²) in [5.41, 5.74) is 15.7. The summed E-state index contributed by atoms with van der Waals surface area (Å²) in [5, 5.41) is 64.8. The average Bonchev–Trinajstić information content (AvgIpc) is 0.807. The summed E-state index contributed by atoms with van der Waals surface area (Å²) < 4.78 is 10.7. The van der Waals surface area contributed by atoms with E-state index in [1.807, 2.05) is 46.4 Å². The SMILES string of the molecule is CC(C)(C)OC(=O)N1CCCC(=O)CC1.CC(C)(C)OC(=O)N1CCCC(NCCCCO)CC1.CC1(C)CCC(C)(C)c2cc(-c3csc(N4CCCC(NCCCCO)CC4)n3)ccc21.NC(=S)N1CCCC(NCCCCO)CC1.NCCCCO.OCCCCNC1CCCNCC1. The van der Waals surface area contributed by atoms with Crippen LogP contribution in [0.5, 0.6) is 0 Å². The highest BCUT2D eigenvalue weighted by Gasteiger charge is 2.37. The van der Waals surface area contributed by atoms with Gasteiger partial charge in [0.15, 0.2) is 10.2 Å². The van der Waals surface area contributed by atoms with Crippen LogP contribution in [0.15, 0.2) is 23.6 Å². The number of thiazole rings is 1. The van der Waals surface area contributed by atoms with Crippen LogP contribution in [0.2, 0.25) is 0 Å². The fourth-order valence-electron chi connectivity index (χ4n) is 13.2. The zero-order chi connectivity index (χ0) is 75.2. The summed E-state index contributed by atoms with van der Waals surface area (Å²) in [6.45, 7) is 36.0. The number of amides is 2. The van der Waals surface area contributed by atoms with Gasteiger partial charge >= 0.3 is 12.2 Å². The van der Waals surface area contributed by atoms with Crippen LogP contribution in [-0.2, 0) is 25.1 Å². The minimum atomic E-state index is -0.465. The lowest BCUT2D eigenvalue weighted by Crippen LogP contribution is -2.38. The number of carbonyl (C=O) groups is 3. The molecule has 2 aromatic rings. The van der Waals surface area contributed by atoms with Crippen molar-refractivity contribution in [2.75, 3.05) is 136 Å². The summed E-state index contributed by atoms with van der Waals surface area (Å²) in [5.74, 6) is 0.237. The Bertz CT molecular complexity index is 2540. The highest BCUT2D eigenvalue weighted by molar-refractivity contribution is 7.80. The van der Waals surface area contributed by atoms with Gasteiger partial charge < -0.3 is 92.7 Å². The second-order valence-corrected chi connectivity index (χ2v) is 33.0.